The molecule has 3 aromatic carbocycles. The number of fused-ring (bicyclic) bond motifs is 1. The lowest BCUT2D eigenvalue weighted by Gasteiger charge is -2.38. The molecule has 0 fully saturated rings. The van der Waals surface area contributed by atoms with Gasteiger partial charge in [0.25, 0.3) is 0 Å². The first kappa shape index (κ1) is 20.0. The van der Waals surface area contributed by atoms with E-state index < -0.39 is 0 Å². The van der Waals surface area contributed by atoms with E-state index in [4.69, 9.17) is 4.74 Å². The van der Waals surface area contributed by atoms with Crippen LogP contribution in [0.5, 0.6) is 5.75 Å². The Morgan fingerprint density at radius 2 is 1.70 bits per heavy atom. The SMILES string of the molecule is Cc1ccc(CN2c3ccc(C)cc3OC[C@H]2CC(=O)NCc2ccccc2)cc1. The summed E-state index contributed by atoms with van der Waals surface area (Å²) in [5.41, 5.74) is 5.79. The van der Waals surface area contributed by atoms with Crippen LogP contribution >= 0.6 is 0 Å². The molecule has 0 radical (unpaired) electrons. The van der Waals surface area contributed by atoms with Crippen molar-refractivity contribution in [3.8, 4) is 5.75 Å². The van der Waals surface area contributed by atoms with Gasteiger partial charge in [0.05, 0.1) is 18.2 Å². The predicted molar refractivity (Wildman–Crippen MR) is 121 cm³/mol. The monoisotopic (exact) mass is 400 g/mol. The fourth-order valence-corrected chi connectivity index (χ4v) is 3.80. The van der Waals surface area contributed by atoms with Crippen molar-refractivity contribution >= 4 is 11.6 Å². The third-order valence-electron chi connectivity index (χ3n) is 5.52. The topological polar surface area (TPSA) is 41.6 Å². The second kappa shape index (κ2) is 9.04. The standard InChI is InChI=1S/C26H28N2O2/c1-19-8-11-22(12-9-19)17-28-23(18-30-25-14-20(2)10-13-24(25)28)15-26(29)27-16-21-6-4-3-5-7-21/h3-14,23H,15-18H2,1-2H3,(H,27,29)/t23-/m1/s1. The van der Waals surface area contributed by atoms with E-state index in [1.165, 1.54) is 16.7 Å². The summed E-state index contributed by atoms with van der Waals surface area (Å²) in [6.07, 6.45) is 0.395. The number of ether oxygens (including phenoxy) is 1. The quantitative estimate of drug-likeness (QED) is 0.648. The molecule has 1 N–H and O–H groups in total. The Hall–Kier alpha value is -3.27. The van der Waals surface area contributed by atoms with Crippen LogP contribution in [0.1, 0.15) is 28.7 Å². The van der Waals surface area contributed by atoms with Crippen LogP contribution in [0.15, 0.2) is 72.8 Å². The average molecular weight is 401 g/mol. The Morgan fingerprint density at radius 3 is 2.47 bits per heavy atom. The summed E-state index contributed by atoms with van der Waals surface area (Å²) >= 11 is 0. The minimum atomic E-state index is -0.0164. The van der Waals surface area contributed by atoms with E-state index in [1.54, 1.807) is 0 Å². The molecule has 4 nitrogen and oxygen atoms in total. The minimum Gasteiger partial charge on any atom is -0.489 e. The second-order valence-electron chi connectivity index (χ2n) is 8.02. The molecule has 1 aliphatic rings. The third-order valence-corrected chi connectivity index (χ3v) is 5.52. The average Bonchev–Trinajstić information content (AvgIpc) is 2.76. The van der Waals surface area contributed by atoms with E-state index in [2.05, 4.69) is 66.5 Å². The van der Waals surface area contributed by atoms with E-state index in [0.29, 0.717) is 19.6 Å². The predicted octanol–water partition coefficient (Wildman–Crippen LogP) is 4.78. The lowest BCUT2D eigenvalue weighted by Crippen LogP contribution is -2.45. The minimum absolute atomic E-state index is 0.0164. The fraction of sp³-hybridized carbons (Fsp3) is 0.269. The number of hydrogen-bond donors (Lipinski definition) is 1. The van der Waals surface area contributed by atoms with Gasteiger partial charge in [-0.25, -0.2) is 0 Å². The molecule has 4 heteroatoms. The number of rotatable bonds is 6. The molecule has 3 aromatic rings. The van der Waals surface area contributed by atoms with Gasteiger partial charge in [-0.3, -0.25) is 4.79 Å². The van der Waals surface area contributed by atoms with E-state index in [0.717, 1.165) is 23.5 Å². The highest BCUT2D eigenvalue weighted by atomic mass is 16.5. The maximum absolute atomic E-state index is 12.7. The van der Waals surface area contributed by atoms with Crippen molar-refractivity contribution in [3.63, 3.8) is 0 Å². The Kier molecular flexibility index (Phi) is 6.03. The molecule has 0 unspecified atom stereocenters. The fourth-order valence-electron chi connectivity index (χ4n) is 3.80. The van der Waals surface area contributed by atoms with Gasteiger partial charge in [0.1, 0.15) is 12.4 Å². The van der Waals surface area contributed by atoms with Crippen LogP contribution in [0.25, 0.3) is 0 Å². The van der Waals surface area contributed by atoms with Gasteiger partial charge in [0.15, 0.2) is 0 Å². The molecular weight excluding hydrogens is 372 g/mol. The van der Waals surface area contributed by atoms with Crippen molar-refractivity contribution in [2.24, 2.45) is 0 Å². The molecule has 1 atom stereocenters. The van der Waals surface area contributed by atoms with Crippen LogP contribution in [0, 0.1) is 13.8 Å². The van der Waals surface area contributed by atoms with Crippen molar-refractivity contribution in [1.82, 2.24) is 5.32 Å². The highest BCUT2D eigenvalue weighted by molar-refractivity contribution is 5.77. The summed E-state index contributed by atoms with van der Waals surface area (Å²) < 4.78 is 6.05. The summed E-state index contributed by atoms with van der Waals surface area (Å²) in [6.45, 7) is 5.95. The number of anilines is 1. The number of nitrogens with zero attached hydrogens (tertiary/aromatic N) is 1. The van der Waals surface area contributed by atoms with Gasteiger partial charge in [-0.15, -0.1) is 0 Å². The molecule has 0 saturated heterocycles. The largest absolute Gasteiger partial charge is 0.489 e. The molecule has 1 heterocycles. The van der Waals surface area contributed by atoms with E-state index in [1.807, 2.05) is 30.3 Å². The normalized spacial score (nSPS) is 15.3. The molecule has 1 aliphatic heterocycles. The highest BCUT2D eigenvalue weighted by Gasteiger charge is 2.29. The van der Waals surface area contributed by atoms with Crippen LogP contribution < -0.4 is 15.0 Å². The van der Waals surface area contributed by atoms with Gasteiger partial charge >= 0.3 is 0 Å². The Morgan fingerprint density at radius 1 is 0.967 bits per heavy atom. The molecular formula is C26H28N2O2. The van der Waals surface area contributed by atoms with Crippen LogP contribution in [-0.4, -0.2) is 18.6 Å². The number of amides is 1. The maximum atomic E-state index is 12.7. The first-order valence-electron chi connectivity index (χ1n) is 10.4. The molecule has 0 saturated carbocycles. The van der Waals surface area contributed by atoms with Crippen LogP contribution in [0.2, 0.25) is 0 Å². The van der Waals surface area contributed by atoms with E-state index >= 15 is 0 Å². The van der Waals surface area contributed by atoms with Crippen LogP contribution in [0.4, 0.5) is 5.69 Å². The molecule has 0 spiro atoms. The molecule has 1 amide bonds. The molecule has 154 valence electrons. The summed E-state index contributed by atoms with van der Waals surface area (Å²) in [5.74, 6) is 0.931. The van der Waals surface area contributed by atoms with Gasteiger partial charge in [0.2, 0.25) is 5.91 Å². The number of aryl methyl sites for hydroxylation is 2. The van der Waals surface area contributed by atoms with Crippen LogP contribution in [-0.2, 0) is 17.9 Å². The van der Waals surface area contributed by atoms with Gasteiger partial charge in [0, 0.05) is 13.1 Å². The number of benzene rings is 3. The van der Waals surface area contributed by atoms with Crippen molar-refractivity contribution < 1.29 is 9.53 Å². The highest BCUT2D eigenvalue weighted by Crippen LogP contribution is 2.36. The molecule has 4 rings (SSSR count). The van der Waals surface area contributed by atoms with Crippen LogP contribution in [0.3, 0.4) is 0 Å². The lowest BCUT2D eigenvalue weighted by molar-refractivity contribution is -0.121. The third kappa shape index (κ3) is 4.82. The van der Waals surface area contributed by atoms with Gasteiger partial charge in [-0.1, -0.05) is 66.2 Å². The van der Waals surface area contributed by atoms with Gasteiger partial charge in [-0.05, 0) is 42.7 Å². The Labute approximate surface area is 178 Å². The molecule has 0 bridgehead atoms. The lowest BCUT2D eigenvalue weighted by atomic mass is 10.0. The van der Waals surface area contributed by atoms with Crippen molar-refractivity contribution in [3.05, 3.63) is 95.1 Å². The van der Waals surface area contributed by atoms with Crippen molar-refractivity contribution in [2.75, 3.05) is 11.5 Å². The van der Waals surface area contributed by atoms with Gasteiger partial charge < -0.3 is 15.0 Å². The number of hydrogen-bond acceptors (Lipinski definition) is 3. The number of carbonyl (C=O) groups excluding carboxylic acids is 1. The molecule has 0 aromatic heterocycles. The Balaban J connectivity index is 1.50. The zero-order chi connectivity index (χ0) is 20.9. The van der Waals surface area contributed by atoms with Crippen molar-refractivity contribution in [2.45, 2.75) is 39.4 Å². The first-order chi connectivity index (χ1) is 14.6. The zero-order valence-corrected chi connectivity index (χ0v) is 17.6. The Bertz CT molecular complexity index is 999. The van der Waals surface area contributed by atoms with E-state index in [9.17, 15) is 4.79 Å². The maximum Gasteiger partial charge on any atom is 0.222 e. The molecule has 0 aliphatic carbocycles. The number of carbonyl (C=O) groups is 1. The van der Waals surface area contributed by atoms with Gasteiger partial charge in [-0.2, -0.15) is 0 Å². The summed E-state index contributed by atoms with van der Waals surface area (Å²) in [5, 5.41) is 3.05. The summed E-state index contributed by atoms with van der Waals surface area (Å²) in [4.78, 5) is 15.0. The second-order valence-corrected chi connectivity index (χ2v) is 8.02. The summed E-state index contributed by atoms with van der Waals surface area (Å²) in [7, 11) is 0. The smallest absolute Gasteiger partial charge is 0.222 e. The summed E-state index contributed by atoms with van der Waals surface area (Å²) in [6, 6.07) is 24.8. The van der Waals surface area contributed by atoms with E-state index in [-0.39, 0.29) is 11.9 Å². The number of nitrogens with one attached hydrogen (secondary N) is 1. The zero-order valence-electron chi connectivity index (χ0n) is 17.6. The molecule has 30 heavy (non-hydrogen) atoms. The van der Waals surface area contributed by atoms with Crippen molar-refractivity contribution in [1.29, 1.82) is 0 Å². The first-order valence-corrected chi connectivity index (χ1v) is 10.4.